The van der Waals surface area contributed by atoms with Gasteiger partial charge in [-0.1, -0.05) is 18.2 Å². The number of aromatic nitrogens is 1. The highest BCUT2D eigenvalue weighted by Gasteiger charge is 2.22. The Kier molecular flexibility index (Phi) is 14.9. The number of hydrogen-bond donors (Lipinski definition) is 6. The number of thiocarbonyl (C=S) groups is 1. The van der Waals surface area contributed by atoms with Crippen LogP contribution in [0.3, 0.4) is 0 Å². The number of carbonyl (C=O) groups is 5. The molecule has 0 aliphatic rings. The van der Waals surface area contributed by atoms with E-state index in [1.54, 1.807) is 66.2 Å². The van der Waals surface area contributed by atoms with Gasteiger partial charge in [0.15, 0.2) is 0 Å². The molecule has 0 spiro atoms. The van der Waals surface area contributed by atoms with E-state index in [0.717, 1.165) is 10.9 Å². The summed E-state index contributed by atoms with van der Waals surface area (Å²) in [5.74, 6) is -4.56. The van der Waals surface area contributed by atoms with Crippen LogP contribution in [0.15, 0.2) is 58.3 Å². The molecule has 6 N–H and O–H groups in total. The molecule has 0 saturated carbocycles. The van der Waals surface area contributed by atoms with Gasteiger partial charge in [-0.15, -0.1) is 0 Å². The Morgan fingerprint density at radius 1 is 0.860 bits per heavy atom. The molecular weight excluding hydrogens is 670 g/mol. The molecule has 16 nitrogen and oxygen atoms in total. The number of benzene rings is 2. The summed E-state index contributed by atoms with van der Waals surface area (Å²) in [4.78, 5) is 83.4. The summed E-state index contributed by atoms with van der Waals surface area (Å²) in [6.07, 6.45) is 0.0342. The second-order valence-corrected chi connectivity index (χ2v) is 11.9. The average Bonchev–Trinajstić information content (AvgIpc) is 3.02. The van der Waals surface area contributed by atoms with Crippen molar-refractivity contribution < 1.29 is 39.3 Å². The van der Waals surface area contributed by atoms with Crippen LogP contribution < -0.4 is 16.2 Å². The molecule has 2 amide bonds. The highest BCUT2D eigenvalue weighted by Crippen LogP contribution is 2.19. The number of carboxylic acids is 3. The number of aliphatic imine (C=N–C) groups is 1. The van der Waals surface area contributed by atoms with Crippen molar-refractivity contribution in [2.24, 2.45) is 4.99 Å². The Morgan fingerprint density at radius 3 is 2.14 bits per heavy atom. The number of hydrogen-bond acceptors (Lipinski definition) is 11. The molecule has 1 atom stereocenters. The minimum Gasteiger partial charge on any atom is -0.480 e. The third-order valence-electron chi connectivity index (χ3n) is 7.55. The van der Waals surface area contributed by atoms with E-state index >= 15 is 0 Å². The monoisotopic (exact) mass is 709 g/mol. The maximum Gasteiger partial charge on any atom is 0.326 e. The highest BCUT2D eigenvalue weighted by molar-refractivity contribution is 7.78. The third-order valence-corrected chi connectivity index (χ3v) is 7.64. The number of pyridine rings is 1. The van der Waals surface area contributed by atoms with Crippen LogP contribution in [-0.4, -0.2) is 135 Å². The van der Waals surface area contributed by atoms with Crippen molar-refractivity contribution in [1.29, 1.82) is 0 Å². The maximum absolute atomic E-state index is 12.9. The SMILES string of the molecule is Cc1cc(=O)[nH]c2cc(NC(=O)CN(CCN(CCN(C)CC(=O)NC(Cc3ccc(N=C=S)cc3)C(=O)O)CC(=O)O)CC(=O)O)ccc12. The van der Waals surface area contributed by atoms with Crippen LogP contribution >= 0.6 is 12.2 Å². The number of aromatic amines is 1. The fourth-order valence-electron chi connectivity index (χ4n) is 5.14. The lowest BCUT2D eigenvalue weighted by atomic mass is 10.1. The van der Waals surface area contributed by atoms with Crippen molar-refractivity contribution in [3.63, 3.8) is 0 Å². The molecule has 3 rings (SSSR count). The summed E-state index contributed by atoms with van der Waals surface area (Å²) >= 11 is 4.57. The highest BCUT2D eigenvalue weighted by atomic mass is 32.1. The van der Waals surface area contributed by atoms with Gasteiger partial charge in [0, 0.05) is 49.7 Å². The third kappa shape index (κ3) is 13.3. The van der Waals surface area contributed by atoms with E-state index in [1.807, 2.05) is 0 Å². The maximum atomic E-state index is 12.9. The van der Waals surface area contributed by atoms with Crippen LogP contribution in [0.4, 0.5) is 11.4 Å². The van der Waals surface area contributed by atoms with Crippen molar-refractivity contribution in [2.75, 3.05) is 64.7 Å². The number of rotatable bonds is 20. The lowest BCUT2D eigenvalue weighted by molar-refractivity contribution is -0.142. The lowest BCUT2D eigenvalue weighted by Crippen LogP contribution is -2.47. The van der Waals surface area contributed by atoms with Gasteiger partial charge in [0.25, 0.3) is 0 Å². The van der Waals surface area contributed by atoms with E-state index in [-0.39, 0.29) is 57.8 Å². The van der Waals surface area contributed by atoms with Gasteiger partial charge in [-0.25, -0.2) is 4.79 Å². The summed E-state index contributed by atoms with van der Waals surface area (Å²) in [5.41, 5.74) is 2.64. The minimum absolute atomic E-state index is 0.0342. The lowest BCUT2D eigenvalue weighted by Gasteiger charge is -2.27. The van der Waals surface area contributed by atoms with Crippen LogP contribution in [0.25, 0.3) is 10.9 Å². The second kappa shape index (κ2) is 19.0. The van der Waals surface area contributed by atoms with Gasteiger partial charge in [0.2, 0.25) is 17.4 Å². The largest absolute Gasteiger partial charge is 0.480 e. The van der Waals surface area contributed by atoms with E-state index in [1.165, 1.54) is 11.0 Å². The van der Waals surface area contributed by atoms with Crippen molar-refractivity contribution in [2.45, 2.75) is 19.4 Å². The zero-order valence-corrected chi connectivity index (χ0v) is 28.4. The normalized spacial score (nSPS) is 11.7. The van der Waals surface area contributed by atoms with Crippen LogP contribution in [0.5, 0.6) is 0 Å². The molecule has 1 unspecified atom stereocenters. The van der Waals surface area contributed by atoms with Gasteiger partial charge in [0.05, 0.1) is 42.5 Å². The van der Waals surface area contributed by atoms with E-state index in [4.69, 9.17) is 0 Å². The molecule has 3 aromatic rings. The number of nitrogens with zero attached hydrogens (tertiary/aromatic N) is 4. The molecule has 0 fully saturated rings. The van der Waals surface area contributed by atoms with Gasteiger partial charge in [-0.3, -0.25) is 38.7 Å². The van der Waals surface area contributed by atoms with E-state index in [0.29, 0.717) is 22.5 Å². The zero-order chi connectivity index (χ0) is 36.8. The minimum atomic E-state index is -1.21. The number of H-pyrrole nitrogens is 1. The molecule has 1 aromatic heterocycles. The molecule has 0 aliphatic heterocycles. The van der Waals surface area contributed by atoms with E-state index in [9.17, 15) is 44.1 Å². The van der Waals surface area contributed by atoms with Gasteiger partial charge in [0.1, 0.15) is 6.04 Å². The van der Waals surface area contributed by atoms with Gasteiger partial charge >= 0.3 is 17.9 Å². The first kappa shape index (κ1) is 39.1. The summed E-state index contributed by atoms with van der Waals surface area (Å²) in [6, 6.07) is 12.0. The Balaban J connectivity index is 1.54. The van der Waals surface area contributed by atoms with Gasteiger partial charge in [-0.2, -0.15) is 4.99 Å². The second-order valence-electron chi connectivity index (χ2n) is 11.7. The predicted molar refractivity (Wildman–Crippen MR) is 188 cm³/mol. The standard InChI is InChI=1S/C33H39N7O9S/c1-21-13-28(41)36-26-15-24(7-8-25(21)26)35-30(43)17-40(19-32(46)47)12-11-39(18-31(44)45)10-9-38(2)16-29(42)37-27(33(48)49)14-22-3-5-23(6-4-22)34-20-50/h3-8,13,15,27H,9-12,14,16-19H2,1-2H3,(H,35,43)(H,36,41)(H,37,42)(H,44,45)(H,46,47)(H,48,49). The summed E-state index contributed by atoms with van der Waals surface area (Å²) < 4.78 is 0. The Morgan fingerprint density at radius 2 is 1.50 bits per heavy atom. The number of amides is 2. The number of likely N-dealkylation sites (N-methyl/N-ethyl adjacent to an activating group) is 1. The molecule has 0 saturated heterocycles. The predicted octanol–water partition coefficient (Wildman–Crippen LogP) is 1.03. The van der Waals surface area contributed by atoms with E-state index in [2.05, 4.69) is 38.0 Å². The molecular formula is C33H39N7O9S. The molecule has 50 heavy (non-hydrogen) atoms. The van der Waals surface area contributed by atoms with Crippen molar-refractivity contribution in [3.05, 3.63) is 70.0 Å². The van der Waals surface area contributed by atoms with E-state index < -0.39 is 42.3 Å². The van der Waals surface area contributed by atoms with Crippen LogP contribution in [0.2, 0.25) is 0 Å². The topological polar surface area (TPSA) is 225 Å². The fourth-order valence-corrected chi connectivity index (χ4v) is 5.24. The number of aryl methyl sites for hydroxylation is 1. The summed E-state index contributed by atoms with van der Waals surface area (Å²) in [6.45, 7) is 1.01. The smallest absolute Gasteiger partial charge is 0.326 e. The Labute approximate surface area is 292 Å². The number of fused-ring (bicyclic) bond motifs is 1. The molecule has 0 aliphatic carbocycles. The molecule has 0 bridgehead atoms. The zero-order valence-electron chi connectivity index (χ0n) is 27.5. The van der Waals surface area contributed by atoms with Gasteiger partial charge in [-0.05, 0) is 61.6 Å². The molecule has 266 valence electrons. The van der Waals surface area contributed by atoms with Crippen molar-refractivity contribution >= 4 is 69.4 Å². The van der Waals surface area contributed by atoms with Crippen LogP contribution in [0.1, 0.15) is 11.1 Å². The Bertz CT molecular complexity index is 1810. The van der Waals surface area contributed by atoms with Gasteiger partial charge < -0.3 is 30.9 Å². The quantitative estimate of drug-likeness (QED) is 0.0713. The molecule has 1 heterocycles. The Hall–Kier alpha value is -5.32. The number of isothiocyanates is 1. The number of nitrogens with one attached hydrogen (secondary N) is 3. The summed E-state index contributed by atoms with van der Waals surface area (Å²) in [5, 5.41) is 36.8. The number of anilines is 1. The van der Waals surface area contributed by atoms with Crippen LogP contribution in [-0.2, 0) is 30.4 Å². The molecule has 17 heteroatoms. The number of aliphatic carboxylic acids is 3. The summed E-state index contributed by atoms with van der Waals surface area (Å²) in [7, 11) is 1.62. The molecule has 2 aromatic carbocycles. The average molecular weight is 710 g/mol. The first-order valence-corrected chi connectivity index (χ1v) is 15.8. The van der Waals surface area contributed by atoms with Crippen molar-refractivity contribution in [1.82, 2.24) is 25.0 Å². The molecule has 0 radical (unpaired) electrons. The van der Waals surface area contributed by atoms with Crippen LogP contribution in [0, 0.1) is 6.92 Å². The van der Waals surface area contributed by atoms with Crippen molar-refractivity contribution in [3.8, 4) is 0 Å². The first-order valence-electron chi connectivity index (χ1n) is 15.4. The fraction of sp³-hybridized carbons (Fsp3) is 0.364. The first-order chi connectivity index (χ1) is 23.7. The number of carboxylic acid groups (broad SMARTS) is 3. The number of carbonyl (C=O) groups excluding carboxylic acids is 2.